The van der Waals surface area contributed by atoms with Gasteiger partial charge in [-0.05, 0) is 56.1 Å². The maximum atomic E-state index is 4.33. The summed E-state index contributed by atoms with van der Waals surface area (Å²) in [6, 6.07) is 10.5. The molecule has 0 radical (unpaired) electrons. The van der Waals surface area contributed by atoms with Crippen LogP contribution in [0.1, 0.15) is 31.2 Å². The Morgan fingerprint density at radius 1 is 1.04 bits per heavy atom. The highest BCUT2D eigenvalue weighted by Gasteiger charge is 2.08. The third-order valence-corrected chi connectivity index (χ3v) is 5.05. The van der Waals surface area contributed by atoms with Crippen LogP contribution in [-0.2, 0) is 6.42 Å². The van der Waals surface area contributed by atoms with Gasteiger partial charge in [-0.15, -0.1) is 24.0 Å². The van der Waals surface area contributed by atoms with Crippen LogP contribution in [0.3, 0.4) is 0 Å². The molecular weight excluding hydrogens is 463 g/mol. The van der Waals surface area contributed by atoms with E-state index in [-0.39, 0.29) is 24.0 Å². The van der Waals surface area contributed by atoms with E-state index in [1.807, 2.05) is 24.0 Å². The summed E-state index contributed by atoms with van der Waals surface area (Å²) in [5.74, 6) is 0.887. The fraction of sp³-hybridized carbons (Fsp3) is 0.524. The molecule has 154 valence electrons. The summed E-state index contributed by atoms with van der Waals surface area (Å²) in [5, 5.41) is 11.1. The molecule has 0 aliphatic carbocycles. The summed E-state index contributed by atoms with van der Waals surface area (Å²) in [7, 11) is 1.83. The first-order valence-electron chi connectivity index (χ1n) is 10.1. The number of halogens is 1. The SMILES string of the molecule is CN=C(NCCc1ccc(-n2cccn2)cc1)NCCN1CCCCCC1.I. The second-order valence-corrected chi connectivity index (χ2v) is 7.05. The summed E-state index contributed by atoms with van der Waals surface area (Å²) in [4.78, 5) is 6.90. The highest BCUT2D eigenvalue weighted by molar-refractivity contribution is 14.0. The summed E-state index contributed by atoms with van der Waals surface area (Å²) in [6.45, 7) is 5.38. The molecule has 0 spiro atoms. The molecule has 1 fully saturated rings. The van der Waals surface area contributed by atoms with Gasteiger partial charge in [0, 0.05) is 39.1 Å². The molecule has 1 saturated heterocycles. The van der Waals surface area contributed by atoms with Crippen LogP contribution in [0.15, 0.2) is 47.7 Å². The largest absolute Gasteiger partial charge is 0.356 e. The van der Waals surface area contributed by atoms with E-state index in [1.54, 1.807) is 6.20 Å². The molecule has 0 bridgehead atoms. The van der Waals surface area contributed by atoms with Gasteiger partial charge in [0.25, 0.3) is 0 Å². The molecule has 1 aliphatic rings. The average Bonchev–Trinajstić information content (AvgIpc) is 3.12. The molecule has 1 aliphatic heterocycles. The van der Waals surface area contributed by atoms with Gasteiger partial charge in [0.2, 0.25) is 0 Å². The summed E-state index contributed by atoms with van der Waals surface area (Å²) < 4.78 is 1.87. The number of benzene rings is 1. The Kier molecular flexibility index (Phi) is 10.3. The number of aliphatic imine (C=N–C) groups is 1. The number of nitrogens with one attached hydrogen (secondary N) is 2. The molecule has 3 rings (SSSR count). The lowest BCUT2D eigenvalue weighted by atomic mass is 10.1. The van der Waals surface area contributed by atoms with Gasteiger partial charge in [0.15, 0.2) is 5.96 Å². The molecule has 2 heterocycles. The lowest BCUT2D eigenvalue weighted by Crippen LogP contribution is -2.42. The minimum Gasteiger partial charge on any atom is -0.356 e. The Bertz CT molecular complexity index is 675. The molecule has 0 unspecified atom stereocenters. The number of likely N-dealkylation sites (tertiary alicyclic amines) is 1. The molecule has 0 atom stereocenters. The van der Waals surface area contributed by atoms with E-state index >= 15 is 0 Å². The Morgan fingerprint density at radius 2 is 1.75 bits per heavy atom. The van der Waals surface area contributed by atoms with Crippen molar-refractivity contribution in [3.05, 3.63) is 48.3 Å². The minimum atomic E-state index is 0. The van der Waals surface area contributed by atoms with Crippen LogP contribution in [0.25, 0.3) is 5.69 Å². The van der Waals surface area contributed by atoms with E-state index < -0.39 is 0 Å². The van der Waals surface area contributed by atoms with Crippen LogP contribution >= 0.6 is 24.0 Å². The van der Waals surface area contributed by atoms with E-state index in [2.05, 4.69) is 49.9 Å². The highest BCUT2D eigenvalue weighted by atomic mass is 127. The number of aromatic nitrogens is 2. The van der Waals surface area contributed by atoms with E-state index in [4.69, 9.17) is 0 Å². The van der Waals surface area contributed by atoms with Gasteiger partial charge in [-0.1, -0.05) is 25.0 Å². The van der Waals surface area contributed by atoms with Gasteiger partial charge in [-0.2, -0.15) is 5.10 Å². The molecule has 0 saturated carbocycles. The van der Waals surface area contributed by atoms with Crippen LogP contribution in [0.2, 0.25) is 0 Å². The first-order chi connectivity index (χ1) is 13.3. The molecule has 2 aromatic rings. The van der Waals surface area contributed by atoms with Crippen LogP contribution in [0, 0.1) is 0 Å². The number of guanidine groups is 1. The topological polar surface area (TPSA) is 57.5 Å². The van der Waals surface area contributed by atoms with Gasteiger partial charge in [-0.25, -0.2) is 4.68 Å². The highest BCUT2D eigenvalue weighted by Crippen LogP contribution is 2.09. The maximum absolute atomic E-state index is 4.33. The number of nitrogens with zero attached hydrogens (tertiary/aromatic N) is 4. The van der Waals surface area contributed by atoms with Crippen molar-refractivity contribution in [2.45, 2.75) is 32.1 Å². The van der Waals surface area contributed by atoms with Crippen molar-refractivity contribution in [2.75, 3.05) is 39.8 Å². The maximum Gasteiger partial charge on any atom is 0.191 e. The second kappa shape index (κ2) is 12.8. The first-order valence-corrected chi connectivity index (χ1v) is 10.1. The molecule has 2 N–H and O–H groups in total. The lowest BCUT2D eigenvalue weighted by molar-refractivity contribution is 0.289. The van der Waals surface area contributed by atoms with Crippen LogP contribution in [-0.4, -0.2) is 60.4 Å². The predicted octanol–water partition coefficient (Wildman–Crippen LogP) is 3.07. The van der Waals surface area contributed by atoms with Crippen molar-refractivity contribution >= 4 is 29.9 Å². The van der Waals surface area contributed by atoms with Crippen molar-refractivity contribution in [1.29, 1.82) is 0 Å². The zero-order chi connectivity index (χ0) is 18.7. The Labute approximate surface area is 185 Å². The molecule has 0 amide bonds. The third-order valence-electron chi connectivity index (χ3n) is 5.05. The molecule has 28 heavy (non-hydrogen) atoms. The Morgan fingerprint density at radius 3 is 2.39 bits per heavy atom. The van der Waals surface area contributed by atoms with Gasteiger partial charge in [0.1, 0.15) is 0 Å². The number of rotatable bonds is 7. The van der Waals surface area contributed by atoms with Gasteiger partial charge in [0.05, 0.1) is 5.69 Å². The Hall–Kier alpha value is -1.61. The molecule has 1 aromatic heterocycles. The normalized spacial score (nSPS) is 15.5. The molecular formula is C21H33IN6. The smallest absolute Gasteiger partial charge is 0.191 e. The fourth-order valence-electron chi connectivity index (χ4n) is 3.47. The van der Waals surface area contributed by atoms with E-state index in [0.29, 0.717) is 0 Å². The number of hydrogen-bond acceptors (Lipinski definition) is 3. The van der Waals surface area contributed by atoms with Gasteiger partial charge < -0.3 is 15.5 Å². The predicted molar refractivity (Wildman–Crippen MR) is 127 cm³/mol. The third kappa shape index (κ3) is 7.43. The summed E-state index contributed by atoms with van der Waals surface area (Å²) in [6.07, 6.45) is 10.2. The lowest BCUT2D eigenvalue weighted by Gasteiger charge is -2.20. The van der Waals surface area contributed by atoms with Crippen molar-refractivity contribution < 1.29 is 0 Å². The molecule has 1 aromatic carbocycles. The minimum absolute atomic E-state index is 0. The summed E-state index contributed by atoms with van der Waals surface area (Å²) in [5.41, 5.74) is 2.39. The second-order valence-electron chi connectivity index (χ2n) is 7.05. The van der Waals surface area contributed by atoms with Crippen molar-refractivity contribution in [3.8, 4) is 5.69 Å². The van der Waals surface area contributed by atoms with Crippen molar-refractivity contribution in [2.24, 2.45) is 4.99 Å². The molecule has 7 heteroatoms. The zero-order valence-electron chi connectivity index (χ0n) is 16.8. The fourth-order valence-corrected chi connectivity index (χ4v) is 3.47. The van der Waals surface area contributed by atoms with E-state index in [9.17, 15) is 0 Å². The standard InChI is InChI=1S/C21H32N6.HI/c1-22-21(24-14-18-26-15-4-2-3-5-16-26)23-13-11-19-7-9-20(10-8-19)27-17-6-12-25-27;/h6-10,12,17H,2-5,11,13-16,18H2,1H3,(H2,22,23,24);1H. The van der Waals surface area contributed by atoms with E-state index in [0.717, 1.165) is 37.7 Å². The first kappa shape index (κ1) is 22.7. The van der Waals surface area contributed by atoms with E-state index in [1.165, 1.54) is 44.3 Å². The molecule has 6 nitrogen and oxygen atoms in total. The summed E-state index contributed by atoms with van der Waals surface area (Å²) >= 11 is 0. The quantitative estimate of drug-likeness (QED) is 0.352. The Balaban J connectivity index is 0.00000280. The zero-order valence-corrected chi connectivity index (χ0v) is 19.1. The van der Waals surface area contributed by atoms with Crippen molar-refractivity contribution in [3.63, 3.8) is 0 Å². The van der Waals surface area contributed by atoms with Crippen LogP contribution < -0.4 is 10.6 Å². The number of hydrogen-bond donors (Lipinski definition) is 2. The average molecular weight is 496 g/mol. The van der Waals surface area contributed by atoms with Gasteiger partial charge >= 0.3 is 0 Å². The van der Waals surface area contributed by atoms with Gasteiger partial charge in [-0.3, -0.25) is 4.99 Å². The van der Waals surface area contributed by atoms with Crippen LogP contribution in [0.5, 0.6) is 0 Å². The monoisotopic (exact) mass is 496 g/mol. The van der Waals surface area contributed by atoms with Crippen LogP contribution in [0.4, 0.5) is 0 Å². The van der Waals surface area contributed by atoms with Crippen molar-refractivity contribution in [1.82, 2.24) is 25.3 Å².